The highest BCUT2D eigenvalue weighted by atomic mass is 79.9. The van der Waals surface area contributed by atoms with E-state index < -0.39 is 5.97 Å². The number of nitrogens with one attached hydrogen (secondary N) is 1. The first-order chi connectivity index (χ1) is 11.6. The lowest BCUT2D eigenvalue weighted by Crippen LogP contribution is -2.14. The largest absolute Gasteiger partial charge is 0.462 e. The van der Waals surface area contributed by atoms with E-state index in [2.05, 4.69) is 21.2 Å². The maximum Gasteiger partial charge on any atom is 0.341 e. The number of halogens is 1. The molecule has 1 amide bonds. The first-order valence-electron chi connectivity index (χ1n) is 7.36. The summed E-state index contributed by atoms with van der Waals surface area (Å²) in [5, 5.41) is 4.12. The van der Waals surface area contributed by atoms with Gasteiger partial charge >= 0.3 is 5.97 Å². The minimum atomic E-state index is -0.433. The number of fused-ring (bicyclic) bond motifs is 1. The van der Waals surface area contributed by atoms with Gasteiger partial charge in [0, 0.05) is 14.6 Å². The first-order valence-corrected chi connectivity index (χ1v) is 8.97. The van der Waals surface area contributed by atoms with Crippen LogP contribution in [0.5, 0.6) is 0 Å². The van der Waals surface area contributed by atoms with Crippen molar-refractivity contribution in [1.29, 1.82) is 0 Å². The average molecular weight is 404 g/mol. The van der Waals surface area contributed by atoms with Crippen LogP contribution in [0.4, 0.5) is 5.00 Å². The number of ether oxygens (including phenoxy) is 1. The monoisotopic (exact) mass is 403 g/mol. The first kappa shape index (κ1) is 16.7. The predicted molar refractivity (Wildman–Crippen MR) is 99.9 cm³/mol. The van der Waals surface area contributed by atoms with Crippen LogP contribution in [0.2, 0.25) is 0 Å². The summed E-state index contributed by atoms with van der Waals surface area (Å²) in [5.41, 5.74) is 0.905. The number of carbonyl (C=O) groups is 2. The molecule has 0 saturated heterocycles. The van der Waals surface area contributed by atoms with Gasteiger partial charge in [0.15, 0.2) is 0 Å². The van der Waals surface area contributed by atoms with Crippen molar-refractivity contribution in [1.82, 2.24) is 0 Å². The molecule has 122 valence electrons. The SMILES string of the molecule is CCOC(=O)c1c(NC(=O)c2ccccc2Br)sc2ccccc12. The smallest absolute Gasteiger partial charge is 0.341 e. The Bertz CT molecular complexity index is 920. The fourth-order valence-electron chi connectivity index (χ4n) is 2.36. The summed E-state index contributed by atoms with van der Waals surface area (Å²) in [5.74, 6) is -0.711. The van der Waals surface area contributed by atoms with Gasteiger partial charge in [-0.1, -0.05) is 30.3 Å². The van der Waals surface area contributed by atoms with Crippen LogP contribution in [-0.2, 0) is 4.74 Å². The molecule has 0 saturated carbocycles. The predicted octanol–water partition coefficient (Wildman–Crippen LogP) is 5.09. The second kappa shape index (κ2) is 7.15. The van der Waals surface area contributed by atoms with Gasteiger partial charge in [0.2, 0.25) is 0 Å². The summed E-state index contributed by atoms with van der Waals surface area (Å²) < 4.78 is 6.77. The van der Waals surface area contributed by atoms with Crippen molar-refractivity contribution in [2.24, 2.45) is 0 Å². The van der Waals surface area contributed by atoms with Crippen LogP contribution >= 0.6 is 27.3 Å². The van der Waals surface area contributed by atoms with E-state index in [1.54, 1.807) is 25.1 Å². The Morgan fingerprint density at radius 1 is 1.12 bits per heavy atom. The van der Waals surface area contributed by atoms with Crippen molar-refractivity contribution in [3.63, 3.8) is 0 Å². The number of rotatable bonds is 4. The van der Waals surface area contributed by atoms with E-state index in [0.29, 0.717) is 20.6 Å². The Hall–Kier alpha value is -2.18. The van der Waals surface area contributed by atoms with Gasteiger partial charge in [0.1, 0.15) is 10.6 Å². The lowest BCUT2D eigenvalue weighted by molar-refractivity contribution is 0.0530. The van der Waals surface area contributed by atoms with E-state index in [1.807, 2.05) is 30.3 Å². The molecule has 0 bridgehead atoms. The van der Waals surface area contributed by atoms with Crippen LogP contribution in [0.1, 0.15) is 27.6 Å². The quantitative estimate of drug-likeness (QED) is 0.616. The second-order valence-corrected chi connectivity index (χ2v) is 6.86. The maximum atomic E-state index is 12.6. The number of esters is 1. The number of hydrogen-bond acceptors (Lipinski definition) is 4. The number of anilines is 1. The maximum absolute atomic E-state index is 12.6. The zero-order valence-electron chi connectivity index (χ0n) is 12.8. The molecule has 0 unspecified atom stereocenters. The minimum Gasteiger partial charge on any atom is -0.462 e. The molecule has 0 aliphatic rings. The van der Waals surface area contributed by atoms with Gasteiger partial charge in [-0.15, -0.1) is 11.3 Å². The van der Waals surface area contributed by atoms with E-state index in [0.717, 1.165) is 10.1 Å². The zero-order chi connectivity index (χ0) is 17.1. The van der Waals surface area contributed by atoms with Crippen LogP contribution in [0.15, 0.2) is 53.0 Å². The van der Waals surface area contributed by atoms with Crippen molar-refractivity contribution >= 4 is 54.2 Å². The third-order valence-electron chi connectivity index (χ3n) is 3.42. The highest BCUT2D eigenvalue weighted by Crippen LogP contribution is 2.36. The molecule has 1 N–H and O–H groups in total. The van der Waals surface area contributed by atoms with Crippen LogP contribution in [0.3, 0.4) is 0 Å². The molecule has 0 fully saturated rings. The van der Waals surface area contributed by atoms with Crippen molar-refractivity contribution in [3.8, 4) is 0 Å². The van der Waals surface area contributed by atoms with Gasteiger partial charge in [-0.3, -0.25) is 4.79 Å². The van der Waals surface area contributed by atoms with Crippen LogP contribution in [0.25, 0.3) is 10.1 Å². The summed E-state index contributed by atoms with van der Waals surface area (Å²) >= 11 is 4.73. The molecule has 0 spiro atoms. The molecule has 0 radical (unpaired) electrons. The van der Waals surface area contributed by atoms with E-state index in [-0.39, 0.29) is 12.5 Å². The van der Waals surface area contributed by atoms with Crippen LogP contribution in [0, 0.1) is 0 Å². The Morgan fingerprint density at radius 2 is 1.83 bits per heavy atom. The molecule has 6 heteroatoms. The third kappa shape index (κ3) is 3.20. The van der Waals surface area contributed by atoms with Crippen molar-refractivity contribution in [2.45, 2.75) is 6.92 Å². The highest BCUT2D eigenvalue weighted by molar-refractivity contribution is 9.10. The molecule has 1 heterocycles. The molecule has 2 aromatic carbocycles. The number of hydrogen-bond donors (Lipinski definition) is 1. The summed E-state index contributed by atoms with van der Waals surface area (Å²) in [4.78, 5) is 24.9. The second-order valence-electron chi connectivity index (χ2n) is 4.96. The lowest BCUT2D eigenvalue weighted by atomic mass is 10.1. The Balaban J connectivity index is 2.03. The summed E-state index contributed by atoms with van der Waals surface area (Å²) in [6, 6.07) is 14.7. The van der Waals surface area contributed by atoms with E-state index >= 15 is 0 Å². The summed E-state index contributed by atoms with van der Waals surface area (Å²) in [7, 11) is 0. The molecule has 24 heavy (non-hydrogen) atoms. The average Bonchev–Trinajstić information content (AvgIpc) is 2.93. The molecular formula is C18H14BrNO3S. The molecule has 1 aromatic heterocycles. The fourth-order valence-corrected chi connectivity index (χ4v) is 3.91. The third-order valence-corrected chi connectivity index (χ3v) is 5.20. The number of carbonyl (C=O) groups excluding carboxylic acids is 2. The minimum absolute atomic E-state index is 0.278. The number of thiophene rings is 1. The van der Waals surface area contributed by atoms with Crippen LogP contribution < -0.4 is 5.32 Å². The van der Waals surface area contributed by atoms with Gasteiger partial charge in [-0.2, -0.15) is 0 Å². The molecular weight excluding hydrogens is 390 g/mol. The topological polar surface area (TPSA) is 55.4 Å². The number of amides is 1. The lowest BCUT2D eigenvalue weighted by Gasteiger charge is -2.07. The normalized spacial score (nSPS) is 10.6. The van der Waals surface area contributed by atoms with Crippen molar-refractivity contribution in [2.75, 3.05) is 11.9 Å². The number of benzene rings is 2. The summed E-state index contributed by atoms with van der Waals surface area (Å²) in [6.45, 7) is 2.03. The van der Waals surface area contributed by atoms with Crippen LogP contribution in [-0.4, -0.2) is 18.5 Å². The van der Waals surface area contributed by atoms with Gasteiger partial charge in [0.25, 0.3) is 5.91 Å². The Morgan fingerprint density at radius 3 is 2.58 bits per heavy atom. The van der Waals surface area contributed by atoms with E-state index in [1.165, 1.54) is 11.3 Å². The van der Waals surface area contributed by atoms with Crippen molar-refractivity contribution < 1.29 is 14.3 Å². The highest BCUT2D eigenvalue weighted by Gasteiger charge is 2.22. The van der Waals surface area contributed by atoms with E-state index in [4.69, 9.17) is 4.74 Å². The summed E-state index contributed by atoms with van der Waals surface area (Å²) in [6.07, 6.45) is 0. The molecule has 3 aromatic rings. The molecule has 0 aliphatic carbocycles. The fraction of sp³-hybridized carbons (Fsp3) is 0.111. The molecule has 4 nitrogen and oxygen atoms in total. The Labute approximate surface area is 151 Å². The van der Waals surface area contributed by atoms with Gasteiger partial charge in [-0.05, 0) is 41.1 Å². The molecule has 0 atom stereocenters. The van der Waals surface area contributed by atoms with Gasteiger partial charge in [0.05, 0.1) is 12.2 Å². The van der Waals surface area contributed by atoms with Crippen molar-refractivity contribution in [3.05, 3.63) is 64.1 Å². The zero-order valence-corrected chi connectivity index (χ0v) is 15.2. The standard InChI is InChI=1S/C18H14BrNO3S/c1-2-23-18(22)15-12-8-4-6-10-14(12)24-17(15)20-16(21)11-7-3-5-9-13(11)19/h3-10H,2H2,1H3,(H,20,21). The van der Waals surface area contributed by atoms with Gasteiger partial charge < -0.3 is 10.1 Å². The molecule has 0 aliphatic heterocycles. The Kier molecular flexibility index (Phi) is 4.97. The van der Waals surface area contributed by atoms with Gasteiger partial charge in [-0.25, -0.2) is 4.79 Å². The van der Waals surface area contributed by atoms with E-state index in [9.17, 15) is 9.59 Å². The molecule has 3 rings (SSSR count).